The third kappa shape index (κ3) is 5.04. The summed E-state index contributed by atoms with van der Waals surface area (Å²) in [7, 11) is 0. The number of halogens is 1. The number of thioether (sulfide) groups is 1. The molecule has 0 atom stereocenters. The summed E-state index contributed by atoms with van der Waals surface area (Å²) in [5, 5.41) is 23.1. The van der Waals surface area contributed by atoms with Gasteiger partial charge >= 0.3 is 0 Å². The Kier molecular flexibility index (Phi) is 6.69. The largest absolute Gasteiger partial charge is 0.545 e. The Morgan fingerprint density at radius 2 is 2.00 bits per heavy atom. The van der Waals surface area contributed by atoms with Gasteiger partial charge in [0, 0.05) is 17.8 Å². The normalized spacial score (nSPS) is 10.5. The van der Waals surface area contributed by atoms with E-state index >= 15 is 0 Å². The highest BCUT2D eigenvalue weighted by Gasteiger charge is 2.16. The molecule has 0 radical (unpaired) electrons. The zero-order valence-corrected chi connectivity index (χ0v) is 16.7. The maximum atomic E-state index is 12.3. The van der Waals surface area contributed by atoms with E-state index in [1.165, 1.54) is 30.0 Å². The number of nitrogens with zero attached hydrogens (tertiary/aromatic N) is 3. The minimum Gasteiger partial charge on any atom is -0.545 e. The number of benzene rings is 2. The Morgan fingerprint density at radius 1 is 1.21 bits per heavy atom. The quantitative estimate of drug-likeness (QED) is 0.438. The van der Waals surface area contributed by atoms with Crippen LogP contribution in [0.4, 0.5) is 5.69 Å². The predicted octanol–water partition coefficient (Wildman–Crippen LogP) is 2.88. The summed E-state index contributed by atoms with van der Waals surface area (Å²) in [5.74, 6) is -0.967. The molecule has 0 aliphatic rings. The van der Waals surface area contributed by atoms with Crippen LogP contribution in [0, 0.1) is 0 Å². The van der Waals surface area contributed by atoms with E-state index in [9.17, 15) is 14.7 Å². The first-order valence-corrected chi connectivity index (χ1v) is 9.89. The zero-order valence-electron chi connectivity index (χ0n) is 15.2. The summed E-state index contributed by atoms with van der Waals surface area (Å²) in [6.07, 6.45) is 1.71. The van der Waals surface area contributed by atoms with Crippen molar-refractivity contribution in [3.63, 3.8) is 0 Å². The van der Waals surface area contributed by atoms with E-state index in [-0.39, 0.29) is 17.2 Å². The molecule has 0 spiro atoms. The van der Waals surface area contributed by atoms with Crippen LogP contribution in [-0.4, -0.2) is 32.4 Å². The number of rotatable bonds is 8. The second-order valence-electron chi connectivity index (χ2n) is 5.89. The fraction of sp³-hybridized carbons (Fsp3) is 0.100. The average Bonchev–Trinajstić information content (AvgIpc) is 3.10. The van der Waals surface area contributed by atoms with Crippen molar-refractivity contribution in [2.75, 3.05) is 11.1 Å². The van der Waals surface area contributed by atoms with Crippen LogP contribution in [0.25, 0.3) is 11.4 Å². The van der Waals surface area contributed by atoms with Gasteiger partial charge in [0.25, 0.3) is 0 Å². The van der Waals surface area contributed by atoms with Crippen molar-refractivity contribution in [2.45, 2.75) is 11.7 Å². The molecule has 7 nitrogen and oxygen atoms in total. The highest BCUT2D eigenvalue weighted by atomic mass is 35.5. The van der Waals surface area contributed by atoms with Crippen LogP contribution in [0.15, 0.2) is 66.3 Å². The Bertz CT molecular complexity index is 1070. The number of amides is 1. The van der Waals surface area contributed by atoms with Crippen LogP contribution >= 0.6 is 23.4 Å². The molecule has 29 heavy (non-hydrogen) atoms. The van der Waals surface area contributed by atoms with E-state index in [1.807, 2.05) is 22.8 Å². The maximum absolute atomic E-state index is 12.3. The maximum Gasteiger partial charge on any atom is 0.234 e. The first-order chi connectivity index (χ1) is 14.0. The molecule has 0 aliphatic carbocycles. The number of carboxylic acid groups (broad SMARTS) is 1. The number of hydrogen-bond donors (Lipinski definition) is 1. The highest BCUT2D eigenvalue weighted by Crippen LogP contribution is 2.29. The van der Waals surface area contributed by atoms with Crippen molar-refractivity contribution in [1.82, 2.24) is 14.8 Å². The topological polar surface area (TPSA) is 99.9 Å². The van der Waals surface area contributed by atoms with Crippen LogP contribution in [0.2, 0.25) is 5.02 Å². The molecule has 0 unspecified atom stereocenters. The van der Waals surface area contributed by atoms with Gasteiger partial charge in [-0.15, -0.1) is 16.8 Å². The lowest BCUT2D eigenvalue weighted by Crippen LogP contribution is -2.22. The number of hydrogen-bond acceptors (Lipinski definition) is 6. The van der Waals surface area contributed by atoms with Gasteiger partial charge in [-0.3, -0.25) is 9.36 Å². The minimum atomic E-state index is -1.31. The summed E-state index contributed by atoms with van der Waals surface area (Å²) in [4.78, 5) is 23.2. The molecule has 1 amide bonds. The van der Waals surface area contributed by atoms with E-state index in [0.717, 1.165) is 5.56 Å². The van der Waals surface area contributed by atoms with Crippen LogP contribution in [0.1, 0.15) is 10.4 Å². The van der Waals surface area contributed by atoms with Gasteiger partial charge < -0.3 is 15.2 Å². The molecule has 9 heteroatoms. The van der Waals surface area contributed by atoms with Crippen molar-refractivity contribution in [3.8, 4) is 11.4 Å². The number of aromatic nitrogens is 3. The van der Waals surface area contributed by atoms with Crippen molar-refractivity contribution in [3.05, 3.63) is 71.8 Å². The number of nitrogens with one attached hydrogen (secondary N) is 1. The summed E-state index contributed by atoms with van der Waals surface area (Å²) >= 11 is 7.47. The number of carboxylic acids is 1. The van der Waals surface area contributed by atoms with Crippen molar-refractivity contribution in [2.24, 2.45) is 0 Å². The van der Waals surface area contributed by atoms with Gasteiger partial charge in [-0.05, 0) is 29.8 Å². The molecular formula is C20H16ClN4O3S-. The summed E-state index contributed by atoms with van der Waals surface area (Å²) < 4.78 is 1.82. The predicted molar refractivity (Wildman–Crippen MR) is 111 cm³/mol. The highest BCUT2D eigenvalue weighted by molar-refractivity contribution is 7.99. The number of aromatic carboxylic acids is 1. The van der Waals surface area contributed by atoms with Crippen molar-refractivity contribution in [1.29, 1.82) is 0 Å². The lowest BCUT2D eigenvalue weighted by Gasteiger charge is -2.10. The van der Waals surface area contributed by atoms with Gasteiger partial charge in [0.05, 0.1) is 16.7 Å². The number of allylic oxidation sites excluding steroid dienone is 1. The SMILES string of the molecule is C=CCn1c(SCC(=O)Nc2cccc(C(=O)[O-])c2)nnc1-c1ccccc1Cl. The fourth-order valence-electron chi connectivity index (χ4n) is 2.58. The molecule has 0 fully saturated rings. The zero-order chi connectivity index (χ0) is 20.8. The van der Waals surface area contributed by atoms with Crippen molar-refractivity contribution < 1.29 is 14.7 Å². The van der Waals surface area contributed by atoms with Gasteiger partial charge in [-0.25, -0.2) is 0 Å². The molecule has 148 valence electrons. The lowest BCUT2D eigenvalue weighted by atomic mass is 10.2. The van der Waals surface area contributed by atoms with E-state index < -0.39 is 5.97 Å². The standard InChI is InChI=1S/C20H17ClN4O3S/c1-2-10-25-18(15-8-3-4-9-16(15)21)23-24-20(25)29-12-17(26)22-14-7-5-6-13(11-14)19(27)28/h2-9,11H,1,10,12H2,(H,22,26)(H,27,28)/p-1. The Morgan fingerprint density at radius 3 is 2.72 bits per heavy atom. The van der Waals surface area contributed by atoms with Gasteiger partial charge in [0.1, 0.15) is 0 Å². The molecule has 1 heterocycles. The smallest absolute Gasteiger partial charge is 0.234 e. The summed E-state index contributed by atoms with van der Waals surface area (Å²) in [6.45, 7) is 4.21. The van der Waals surface area contributed by atoms with Gasteiger partial charge in [0.15, 0.2) is 11.0 Å². The monoisotopic (exact) mass is 427 g/mol. The molecule has 0 saturated carbocycles. The summed E-state index contributed by atoms with van der Waals surface area (Å²) in [6, 6.07) is 13.2. The van der Waals surface area contributed by atoms with Gasteiger partial charge in [-0.1, -0.05) is 53.7 Å². The van der Waals surface area contributed by atoms with Crippen LogP contribution in [0.5, 0.6) is 0 Å². The van der Waals surface area contributed by atoms with Crippen LogP contribution in [-0.2, 0) is 11.3 Å². The lowest BCUT2D eigenvalue weighted by molar-refractivity contribution is -0.255. The Balaban J connectivity index is 1.73. The molecule has 1 N–H and O–H groups in total. The molecule has 3 aromatic rings. The van der Waals surface area contributed by atoms with Crippen LogP contribution in [0.3, 0.4) is 0 Å². The minimum absolute atomic E-state index is 0.00874. The van der Waals surface area contributed by atoms with E-state index in [2.05, 4.69) is 22.1 Å². The second-order valence-corrected chi connectivity index (χ2v) is 7.24. The van der Waals surface area contributed by atoms with Gasteiger partial charge in [-0.2, -0.15) is 0 Å². The summed E-state index contributed by atoms with van der Waals surface area (Å²) in [5.41, 5.74) is 1.10. The molecular weight excluding hydrogens is 412 g/mol. The van der Waals surface area contributed by atoms with E-state index in [4.69, 9.17) is 11.6 Å². The molecule has 2 aromatic carbocycles. The molecule has 0 bridgehead atoms. The Labute approximate surface area is 176 Å². The number of carbonyl (C=O) groups excluding carboxylic acids is 2. The number of carbonyl (C=O) groups is 2. The third-order valence-electron chi connectivity index (χ3n) is 3.86. The molecule has 3 rings (SSSR count). The molecule has 1 aromatic heterocycles. The molecule has 0 saturated heterocycles. The van der Waals surface area contributed by atoms with Crippen LogP contribution < -0.4 is 10.4 Å². The second kappa shape index (κ2) is 9.40. The average molecular weight is 428 g/mol. The Hall–Kier alpha value is -3.10. The van der Waals surface area contributed by atoms with Gasteiger partial charge in [0.2, 0.25) is 5.91 Å². The van der Waals surface area contributed by atoms with E-state index in [1.54, 1.807) is 18.2 Å². The first-order valence-electron chi connectivity index (χ1n) is 8.52. The molecule has 0 aliphatic heterocycles. The first kappa shape index (κ1) is 20.6. The van der Waals surface area contributed by atoms with Crippen molar-refractivity contribution >= 4 is 40.9 Å². The third-order valence-corrected chi connectivity index (χ3v) is 5.15. The fourth-order valence-corrected chi connectivity index (χ4v) is 3.55. The van der Waals surface area contributed by atoms with E-state index in [0.29, 0.717) is 28.2 Å². The number of anilines is 1.